The molecule has 0 spiro atoms. The van der Waals surface area contributed by atoms with E-state index in [1.165, 1.54) is 12.1 Å². The van der Waals surface area contributed by atoms with E-state index in [0.717, 1.165) is 11.6 Å². The topological polar surface area (TPSA) is 38.0 Å². The average molecular weight is 269 g/mol. The van der Waals surface area contributed by atoms with E-state index in [4.69, 9.17) is 17.3 Å². The predicted octanol–water partition coefficient (Wildman–Crippen LogP) is 4.25. The molecule has 94 valence electrons. The monoisotopic (exact) mass is 268 g/mol. The van der Waals surface area contributed by atoms with Crippen LogP contribution < -0.4 is 11.1 Å². The van der Waals surface area contributed by atoms with E-state index in [9.17, 15) is 8.78 Å². The van der Waals surface area contributed by atoms with Gasteiger partial charge in [0.15, 0.2) is 0 Å². The highest BCUT2D eigenvalue weighted by atomic mass is 35.5. The van der Waals surface area contributed by atoms with Crippen molar-refractivity contribution in [3.05, 3.63) is 52.6 Å². The van der Waals surface area contributed by atoms with Crippen LogP contribution in [0.3, 0.4) is 0 Å². The predicted molar refractivity (Wildman–Crippen MR) is 70.2 cm³/mol. The Kier molecular flexibility index (Phi) is 3.39. The van der Waals surface area contributed by atoms with Crippen LogP contribution in [0.4, 0.5) is 25.8 Å². The van der Waals surface area contributed by atoms with Crippen LogP contribution in [-0.2, 0) is 0 Å². The number of nitrogens with two attached hydrogens (primary N) is 1. The number of nitrogen functional groups attached to an aromatic ring is 1. The Morgan fingerprint density at radius 1 is 1.06 bits per heavy atom. The van der Waals surface area contributed by atoms with E-state index in [2.05, 4.69) is 5.32 Å². The molecule has 0 aromatic heterocycles. The maximum atomic E-state index is 13.6. The van der Waals surface area contributed by atoms with Crippen LogP contribution in [0.2, 0.25) is 5.02 Å². The minimum absolute atomic E-state index is 0.0702. The summed E-state index contributed by atoms with van der Waals surface area (Å²) in [5, 5.41) is 2.71. The maximum Gasteiger partial charge on any atom is 0.146 e. The quantitative estimate of drug-likeness (QED) is 0.799. The zero-order valence-corrected chi connectivity index (χ0v) is 10.4. The Bertz CT molecular complexity index is 600. The molecule has 0 fully saturated rings. The van der Waals surface area contributed by atoms with Gasteiger partial charge in [-0.3, -0.25) is 0 Å². The van der Waals surface area contributed by atoms with Gasteiger partial charge in [0.2, 0.25) is 0 Å². The van der Waals surface area contributed by atoms with E-state index in [1.807, 2.05) is 0 Å². The van der Waals surface area contributed by atoms with Crippen LogP contribution in [0.25, 0.3) is 0 Å². The van der Waals surface area contributed by atoms with Gasteiger partial charge in [0, 0.05) is 6.07 Å². The van der Waals surface area contributed by atoms with Gasteiger partial charge in [-0.15, -0.1) is 0 Å². The molecule has 0 radical (unpaired) electrons. The van der Waals surface area contributed by atoms with Gasteiger partial charge in [0.25, 0.3) is 0 Å². The first-order valence-corrected chi connectivity index (χ1v) is 5.63. The van der Waals surface area contributed by atoms with Crippen LogP contribution in [0, 0.1) is 18.6 Å². The fourth-order valence-electron chi connectivity index (χ4n) is 1.54. The lowest BCUT2D eigenvalue weighted by Gasteiger charge is -2.11. The van der Waals surface area contributed by atoms with Crippen molar-refractivity contribution < 1.29 is 8.78 Å². The molecule has 0 unspecified atom stereocenters. The third-order valence-electron chi connectivity index (χ3n) is 2.49. The van der Waals surface area contributed by atoms with Crippen molar-refractivity contribution in [1.82, 2.24) is 0 Å². The summed E-state index contributed by atoms with van der Waals surface area (Å²) in [4.78, 5) is 0. The molecule has 2 aromatic carbocycles. The van der Waals surface area contributed by atoms with Gasteiger partial charge >= 0.3 is 0 Å². The summed E-state index contributed by atoms with van der Waals surface area (Å²) in [5.41, 5.74) is 7.23. The summed E-state index contributed by atoms with van der Waals surface area (Å²) < 4.78 is 26.8. The molecule has 0 aliphatic heterocycles. The molecule has 2 nitrogen and oxygen atoms in total. The highest BCUT2D eigenvalue weighted by Gasteiger charge is 2.08. The molecule has 2 aromatic rings. The molecular weight excluding hydrogens is 258 g/mol. The van der Waals surface area contributed by atoms with Gasteiger partial charge in [-0.05, 0) is 30.7 Å². The van der Waals surface area contributed by atoms with Crippen LogP contribution >= 0.6 is 11.6 Å². The fraction of sp³-hybridized carbons (Fsp3) is 0.0769. The molecule has 0 atom stereocenters. The van der Waals surface area contributed by atoms with E-state index in [0.29, 0.717) is 5.69 Å². The van der Waals surface area contributed by atoms with E-state index in [-0.39, 0.29) is 16.4 Å². The minimum Gasteiger partial charge on any atom is -0.397 e. The molecule has 3 N–H and O–H groups in total. The van der Waals surface area contributed by atoms with Gasteiger partial charge in [-0.2, -0.15) is 0 Å². The Labute approximate surface area is 108 Å². The zero-order chi connectivity index (χ0) is 13.3. The Balaban J connectivity index is 2.37. The number of rotatable bonds is 2. The maximum absolute atomic E-state index is 13.6. The number of halogens is 3. The van der Waals surface area contributed by atoms with Crippen molar-refractivity contribution in [2.75, 3.05) is 11.1 Å². The second-order valence-corrected chi connectivity index (χ2v) is 4.37. The molecule has 0 amide bonds. The first-order chi connectivity index (χ1) is 8.47. The molecule has 0 saturated carbocycles. The van der Waals surface area contributed by atoms with Crippen molar-refractivity contribution in [2.45, 2.75) is 6.92 Å². The summed E-state index contributed by atoms with van der Waals surface area (Å²) in [7, 11) is 0. The molecule has 0 bridgehead atoms. The number of nitrogens with one attached hydrogen (secondary N) is 1. The fourth-order valence-corrected chi connectivity index (χ4v) is 1.70. The normalized spacial score (nSPS) is 10.4. The summed E-state index contributed by atoms with van der Waals surface area (Å²) >= 11 is 5.65. The van der Waals surface area contributed by atoms with Crippen molar-refractivity contribution >= 4 is 28.7 Å². The molecule has 2 rings (SSSR count). The number of benzene rings is 2. The van der Waals surface area contributed by atoms with Gasteiger partial charge in [-0.25, -0.2) is 8.78 Å². The molecule has 0 aliphatic rings. The third kappa shape index (κ3) is 2.54. The molecule has 0 aliphatic carbocycles. The summed E-state index contributed by atoms with van der Waals surface area (Å²) in [6, 6.07) is 7.15. The first kappa shape index (κ1) is 12.6. The number of hydrogen-bond acceptors (Lipinski definition) is 2. The summed E-state index contributed by atoms with van der Waals surface area (Å²) in [5.74, 6) is -1.01. The van der Waals surface area contributed by atoms with Gasteiger partial charge in [0.05, 0.1) is 22.1 Å². The average Bonchev–Trinajstić information content (AvgIpc) is 2.29. The SMILES string of the molecule is Cc1ccc(Nc2cc(Cl)c(F)cc2N)c(F)c1. The van der Waals surface area contributed by atoms with Gasteiger partial charge < -0.3 is 11.1 Å². The van der Waals surface area contributed by atoms with Crippen LogP contribution in [-0.4, -0.2) is 0 Å². The van der Waals surface area contributed by atoms with Crippen LogP contribution in [0.1, 0.15) is 5.56 Å². The van der Waals surface area contributed by atoms with Crippen molar-refractivity contribution in [3.63, 3.8) is 0 Å². The number of hydrogen-bond donors (Lipinski definition) is 2. The summed E-state index contributed by atoms with van der Waals surface area (Å²) in [6.07, 6.45) is 0. The lowest BCUT2D eigenvalue weighted by atomic mass is 10.2. The highest BCUT2D eigenvalue weighted by Crippen LogP contribution is 2.29. The Hall–Kier alpha value is -1.81. The highest BCUT2D eigenvalue weighted by molar-refractivity contribution is 6.31. The van der Waals surface area contributed by atoms with E-state index in [1.54, 1.807) is 19.1 Å². The lowest BCUT2D eigenvalue weighted by Crippen LogP contribution is -1.99. The second-order valence-electron chi connectivity index (χ2n) is 3.96. The molecule has 0 saturated heterocycles. The minimum atomic E-state index is -0.607. The standard InChI is InChI=1S/C13H11ClF2N2/c1-7-2-3-12(10(16)4-7)18-13-5-8(14)9(15)6-11(13)17/h2-6,18H,17H2,1H3. The lowest BCUT2D eigenvalue weighted by molar-refractivity contribution is 0.628. The number of anilines is 3. The van der Waals surface area contributed by atoms with Crippen LogP contribution in [0.5, 0.6) is 0 Å². The molecular formula is C13H11ClF2N2. The van der Waals surface area contributed by atoms with E-state index >= 15 is 0 Å². The van der Waals surface area contributed by atoms with Crippen molar-refractivity contribution in [2.24, 2.45) is 0 Å². The number of aryl methyl sites for hydroxylation is 1. The largest absolute Gasteiger partial charge is 0.397 e. The zero-order valence-electron chi connectivity index (χ0n) is 9.60. The molecule has 18 heavy (non-hydrogen) atoms. The second kappa shape index (κ2) is 4.82. The first-order valence-electron chi connectivity index (χ1n) is 5.25. The van der Waals surface area contributed by atoms with E-state index < -0.39 is 11.6 Å². The van der Waals surface area contributed by atoms with Gasteiger partial charge in [-0.1, -0.05) is 17.7 Å². The molecule has 0 heterocycles. The van der Waals surface area contributed by atoms with Crippen LogP contribution in [0.15, 0.2) is 30.3 Å². The van der Waals surface area contributed by atoms with Crippen molar-refractivity contribution in [3.8, 4) is 0 Å². The summed E-state index contributed by atoms with van der Waals surface area (Å²) in [6.45, 7) is 1.79. The smallest absolute Gasteiger partial charge is 0.146 e. The van der Waals surface area contributed by atoms with Gasteiger partial charge in [0.1, 0.15) is 11.6 Å². The molecule has 5 heteroatoms. The Morgan fingerprint density at radius 3 is 2.44 bits per heavy atom. The van der Waals surface area contributed by atoms with Crippen molar-refractivity contribution in [1.29, 1.82) is 0 Å². The Morgan fingerprint density at radius 2 is 1.78 bits per heavy atom. The third-order valence-corrected chi connectivity index (χ3v) is 2.78.